The molecule has 1 aliphatic rings. The molecule has 0 bridgehead atoms. The lowest BCUT2D eigenvalue weighted by molar-refractivity contribution is 0.0989. The van der Waals surface area contributed by atoms with Gasteiger partial charge in [0, 0.05) is 17.1 Å². The zero-order valence-electron chi connectivity index (χ0n) is 9.11. The Balaban J connectivity index is 2.29. The van der Waals surface area contributed by atoms with Gasteiger partial charge in [-0.2, -0.15) is 5.26 Å². The molecule has 1 unspecified atom stereocenters. The van der Waals surface area contributed by atoms with E-state index in [1.54, 1.807) is 0 Å². The molecule has 1 fully saturated rings. The molecule has 0 spiro atoms. The van der Waals surface area contributed by atoms with Crippen molar-refractivity contribution in [1.82, 2.24) is 0 Å². The number of hydrogen-bond donors (Lipinski definition) is 0. The monoisotopic (exact) mass is 280 g/mol. The molecule has 1 aromatic carbocycles. The molecule has 0 saturated carbocycles. The minimum Gasteiger partial charge on any atom is -0.377 e. The molecule has 1 saturated heterocycles. The van der Waals surface area contributed by atoms with E-state index in [2.05, 4.69) is 33.8 Å². The van der Waals surface area contributed by atoms with Crippen molar-refractivity contribution in [2.75, 3.05) is 24.7 Å². The normalized spacial score (nSPS) is 20.6. The number of ether oxygens (including phenoxy) is 1. The van der Waals surface area contributed by atoms with Crippen molar-refractivity contribution in [3.8, 4) is 6.07 Å². The van der Waals surface area contributed by atoms with Crippen LogP contribution in [0.4, 0.5) is 5.69 Å². The Hall–Kier alpha value is -1.05. The Morgan fingerprint density at radius 1 is 1.56 bits per heavy atom. The van der Waals surface area contributed by atoms with Gasteiger partial charge in [0.2, 0.25) is 0 Å². The maximum Gasteiger partial charge on any atom is 0.0992 e. The van der Waals surface area contributed by atoms with Crippen LogP contribution < -0.4 is 4.90 Å². The maximum absolute atomic E-state index is 8.81. The Kier molecular flexibility index (Phi) is 3.47. The van der Waals surface area contributed by atoms with Gasteiger partial charge >= 0.3 is 0 Å². The first kappa shape index (κ1) is 11.4. The van der Waals surface area contributed by atoms with Crippen molar-refractivity contribution in [3.05, 3.63) is 28.2 Å². The quantitative estimate of drug-likeness (QED) is 0.793. The average Bonchev–Trinajstić information content (AvgIpc) is 2.30. The van der Waals surface area contributed by atoms with Gasteiger partial charge < -0.3 is 9.64 Å². The number of anilines is 1. The summed E-state index contributed by atoms with van der Waals surface area (Å²) in [7, 11) is 0. The molecule has 84 valence electrons. The Bertz CT molecular complexity index is 428. The Labute approximate surface area is 104 Å². The minimum atomic E-state index is 0.373. The fourth-order valence-corrected chi connectivity index (χ4v) is 2.50. The van der Waals surface area contributed by atoms with Crippen LogP contribution in [0.2, 0.25) is 0 Å². The Morgan fingerprint density at radius 2 is 2.38 bits per heavy atom. The third-order valence-corrected chi connectivity index (χ3v) is 3.39. The van der Waals surface area contributed by atoms with Gasteiger partial charge in [-0.05, 0) is 41.1 Å². The molecular formula is C12H13BrN2O. The van der Waals surface area contributed by atoms with E-state index in [0.717, 1.165) is 29.9 Å². The summed E-state index contributed by atoms with van der Waals surface area (Å²) >= 11 is 3.52. The third-order valence-electron chi connectivity index (χ3n) is 2.75. The lowest BCUT2D eigenvalue weighted by Crippen LogP contribution is -2.43. The fraction of sp³-hybridized carbons (Fsp3) is 0.417. The van der Waals surface area contributed by atoms with E-state index in [4.69, 9.17) is 10.00 Å². The molecule has 1 aliphatic heterocycles. The highest BCUT2D eigenvalue weighted by atomic mass is 79.9. The highest BCUT2D eigenvalue weighted by Gasteiger charge is 2.20. The summed E-state index contributed by atoms with van der Waals surface area (Å²) in [4.78, 5) is 2.30. The zero-order chi connectivity index (χ0) is 11.5. The van der Waals surface area contributed by atoms with E-state index >= 15 is 0 Å². The summed E-state index contributed by atoms with van der Waals surface area (Å²) in [6.07, 6.45) is 0. The number of nitrogens with zero attached hydrogens (tertiary/aromatic N) is 2. The summed E-state index contributed by atoms with van der Waals surface area (Å²) in [6.45, 7) is 4.55. The van der Waals surface area contributed by atoms with E-state index in [1.807, 2.05) is 18.2 Å². The summed E-state index contributed by atoms with van der Waals surface area (Å²) in [5.74, 6) is 0. The molecule has 4 heteroatoms. The lowest BCUT2D eigenvalue weighted by Gasteiger charge is -2.35. The minimum absolute atomic E-state index is 0.373. The smallest absolute Gasteiger partial charge is 0.0992 e. The van der Waals surface area contributed by atoms with Gasteiger partial charge in [0.25, 0.3) is 0 Å². The third kappa shape index (κ3) is 2.21. The van der Waals surface area contributed by atoms with Crippen molar-refractivity contribution >= 4 is 21.6 Å². The van der Waals surface area contributed by atoms with Crippen molar-refractivity contribution in [2.24, 2.45) is 0 Å². The number of halogens is 1. The SMILES string of the molecule is CC1COCCN1c1ccc(C#N)cc1Br. The van der Waals surface area contributed by atoms with Crippen LogP contribution in [-0.4, -0.2) is 25.8 Å². The lowest BCUT2D eigenvalue weighted by atomic mass is 10.1. The second-order valence-corrected chi connectivity index (χ2v) is 4.75. The van der Waals surface area contributed by atoms with Crippen molar-refractivity contribution < 1.29 is 4.74 Å². The topological polar surface area (TPSA) is 36.3 Å². The van der Waals surface area contributed by atoms with E-state index in [-0.39, 0.29) is 0 Å². The Morgan fingerprint density at radius 3 is 3.00 bits per heavy atom. The van der Waals surface area contributed by atoms with E-state index in [0.29, 0.717) is 11.6 Å². The maximum atomic E-state index is 8.81. The summed E-state index contributed by atoms with van der Waals surface area (Å²) in [6, 6.07) is 8.21. The van der Waals surface area contributed by atoms with Crippen LogP contribution in [0.5, 0.6) is 0 Å². The fourth-order valence-electron chi connectivity index (χ4n) is 1.89. The van der Waals surface area contributed by atoms with Crippen molar-refractivity contribution in [2.45, 2.75) is 13.0 Å². The van der Waals surface area contributed by atoms with Crippen LogP contribution in [0.1, 0.15) is 12.5 Å². The summed E-state index contributed by atoms with van der Waals surface area (Å²) in [5.41, 5.74) is 1.81. The average molecular weight is 281 g/mol. The number of benzene rings is 1. The first-order valence-corrected chi connectivity index (χ1v) is 6.05. The first-order valence-electron chi connectivity index (χ1n) is 5.26. The number of morpholine rings is 1. The molecule has 16 heavy (non-hydrogen) atoms. The molecule has 2 rings (SSSR count). The zero-order valence-corrected chi connectivity index (χ0v) is 10.7. The first-order chi connectivity index (χ1) is 7.72. The van der Waals surface area contributed by atoms with Gasteiger partial charge in [-0.1, -0.05) is 0 Å². The number of rotatable bonds is 1. The van der Waals surface area contributed by atoms with Crippen LogP contribution in [-0.2, 0) is 4.74 Å². The van der Waals surface area contributed by atoms with Gasteiger partial charge in [-0.15, -0.1) is 0 Å². The number of nitriles is 1. The summed E-state index contributed by atoms with van der Waals surface area (Å²) in [5, 5.41) is 8.81. The van der Waals surface area contributed by atoms with Crippen LogP contribution in [0.15, 0.2) is 22.7 Å². The van der Waals surface area contributed by atoms with E-state index in [9.17, 15) is 0 Å². The number of hydrogen-bond acceptors (Lipinski definition) is 3. The van der Waals surface area contributed by atoms with E-state index in [1.165, 1.54) is 0 Å². The molecule has 0 radical (unpaired) electrons. The van der Waals surface area contributed by atoms with Crippen LogP contribution in [0.3, 0.4) is 0 Å². The molecule has 1 atom stereocenters. The van der Waals surface area contributed by atoms with Gasteiger partial charge in [-0.3, -0.25) is 0 Å². The van der Waals surface area contributed by atoms with Gasteiger partial charge in [0.05, 0.1) is 30.5 Å². The molecule has 0 aliphatic carbocycles. The predicted octanol–water partition coefficient (Wildman–Crippen LogP) is 2.55. The van der Waals surface area contributed by atoms with Crippen LogP contribution >= 0.6 is 15.9 Å². The highest BCUT2D eigenvalue weighted by Crippen LogP contribution is 2.29. The molecule has 0 N–H and O–H groups in total. The predicted molar refractivity (Wildman–Crippen MR) is 66.5 cm³/mol. The molecule has 1 heterocycles. The highest BCUT2D eigenvalue weighted by molar-refractivity contribution is 9.10. The standard InChI is InChI=1S/C12H13BrN2O/c1-9-8-16-5-4-15(9)12-3-2-10(7-14)6-11(12)13/h2-3,6,9H,4-5,8H2,1H3. The molecule has 0 amide bonds. The molecule has 3 nitrogen and oxygen atoms in total. The van der Waals surface area contributed by atoms with Gasteiger partial charge in [0.15, 0.2) is 0 Å². The second kappa shape index (κ2) is 4.86. The largest absolute Gasteiger partial charge is 0.377 e. The molecule has 1 aromatic rings. The molecular weight excluding hydrogens is 268 g/mol. The van der Waals surface area contributed by atoms with E-state index < -0.39 is 0 Å². The van der Waals surface area contributed by atoms with Crippen molar-refractivity contribution in [3.63, 3.8) is 0 Å². The van der Waals surface area contributed by atoms with Gasteiger partial charge in [0.1, 0.15) is 0 Å². The van der Waals surface area contributed by atoms with Gasteiger partial charge in [-0.25, -0.2) is 0 Å². The summed E-state index contributed by atoms with van der Waals surface area (Å²) < 4.78 is 6.38. The second-order valence-electron chi connectivity index (χ2n) is 3.90. The molecule has 0 aromatic heterocycles. The van der Waals surface area contributed by atoms with Crippen LogP contribution in [0, 0.1) is 11.3 Å². The van der Waals surface area contributed by atoms with Crippen molar-refractivity contribution in [1.29, 1.82) is 5.26 Å². The van der Waals surface area contributed by atoms with Crippen LogP contribution in [0.25, 0.3) is 0 Å².